The SMILES string of the molecule is CSc1ccc(CC2CCCN2)cc1C. The number of nitrogens with one attached hydrogen (secondary N) is 1. The molecule has 1 aromatic carbocycles. The molecule has 0 spiro atoms. The fourth-order valence-corrected chi connectivity index (χ4v) is 2.87. The molecule has 1 saturated heterocycles. The number of benzene rings is 1. The maximum Gasteiger partial charge on any atom is 0.0108 e. The summed E-state index contributed by atoms with van der Waals surface area (Å²) in [7, 11) is 0. The Labute approximate surface area is 96.7 Å². The Morgan fingerprint density at radius 1 is 1.47 bits per heavy atom. The van der Waals surface area contributed by atoms with E-state index in [0.29, 0.717) is 6.04 Å². The van der Waals surface area contributed by atoms with Crippen LogP contribution in [0.4, 0.5) is 0 Å². The molecular weight excluding hydrogens is 202 g/mol. The Balaban J connectivity index is 2.05. The minimum atomic E-state index is 0.713. The van der Waals surface area contributed by atoms with Crippen molar-refractivity contribution in [1.82, 2.24) is 5.32 Å². The van der Waals surface area contributed by atoms with Gasteiger partial charge in [-0.2, -0.15) is 0 Å². The van der Waals surface area contributed by atoms with Crippen molar-refractivity contribution in [1.29, 1.82) is 0 Å². The van der Waals surface area contributed by atoms with Crippen molar-refractivity contribution in [2.45, 2.75) is 37.1 Å². The van der Waals surface area contributed by atoms with Gasteiger partial charge in [0.25, 0.3) is 0 Å². The van der Waals surface area contributed by atoms with Crippen molar-refractivity contribution in [3.63, 3.8) is 0 Å². The van der Waals surface area contributed by atoms with Crippen LogP contribution < -0.4 is 5.32 Å². The van der Waals surface area contributed by atoms with Gasteiger partial charge in [-0.1, -0.05) is 12.1 Å². The van der Waals surface area contributed by atoms with Crippen LogP contribution in [0.1, 0.15) is 24.0 Å². The van der Waals surface area contributed by atoms with Gasteiger partial charge in [0.15, 0.2) is 0 Å². The van der Waals surface area contributed by atoms with E-state index in [-0.39, 0.29) is 0 Å². The zero-order chi connectivity index (χ0) is 10.7. The van der Waals surface area contributed by atoms with E-state index in [2.05, 4.69) is 36.7 Å². The lowest BCUT2D eigenvalue weighted by molar-refractivity contribution is 0.602. The Bertz CT molecular complexity index is 329. The first kappa shape index (κ1) is 11.0. The Morgan fingerprint density at radius 2 is 2.33 bits per heavy atom. The van der Waals surface area contributed by atoms with Crippen molar-refractivity contribution in [3.05, 3.63) is 29.3 Å². The monoisotopic (exact) mass is 221 g/mol. The number of hydrogen-bond acceptors (Lipinski definition) is 2. The number of aryl methyl sites for hydroxylation is 1. The van der Waals surface area contributed by atoms with Gasteiger partial charge in [0.1, 0.15) is 0 Å². The molecular formula is C13H19NS. The van der Waals surface area contributed by atoms with Crippen molar-refractivity contribution >= 4 is 11.8 Å². The van der Waals surface area contributed by atoms with Crippen LogP contribution in [0.25, 0.3) is 0 Å². The summed E-state index contributed by atoms with van der Waals surface area (Å²) in [5.74, 6) is 0. The molecule has 1 aliphatic rings. The molecule has 2 heteroatoms. The second kappa shape index (κ2) is 5.04. The van der Waals surface area contributed by atoms with Crippen LogP contribution in [-0.4, -0.2) is 18.8 Å². The van der Waals surface area contributed by atoms with E-state index in [1.807, 2.05) is 11.8 Å². The van der Waals surface area contributed by atoms with Crippen LogP contribution in [0.2, 0.25) is 0 Å². The van der Waals surface area contributed by atoms with Crippen molar-refractivity contribution < 1.29 is 0 Å². The van der Waals surface area contributed by atoms with Gasteiger partial charge < -0.3 is 5.32 Å². The molecule has 1 aliphatic heterocycles. The second-order valence-electron chi connectivity index (χ2n) is 4.30. The highest BCUT2D eigenvalue weighted by atomic mass is 32.2. The molecule has 0 aliphatic carbocycles. The summed E-state index contributed by atoms with van der Waals surface area (Å²) < 4.78 is 0. The van der Waals surface area contributed by atoms with Crippen LogP contribution in [0.15, 0.2) is 23.1 Å². The molecule has 1 heterocycles. The minimum absolute atomic E-state index is 0.713. The molecule has 0 bridgehead atoms. The quantitative estimate of drug-likeness (QED) is 0.787. The maximum absolute atomic E-state index is 3.55. The summed E-state index contributed by atoms with van der Waals surface area (Å²) in [5.41, 5.74) is 2.89. The summed E-state index contributed by atoms with van der Waals surface area (Å²) in [6.07, 6.45) is 6.01. The first-order chi connectivity index (χ1) is 7.29. The van der Waals surface area contributed by atoms with E-state index in [9.17, 15) is 0 Å². The third-order valence-corrected chi connectivity index (χ3v) is 4.00. The number of hydrogen-bond donors (Lipinski definition) is 1. The molecule has 1 nitrogen and oxygen atoms in total. The largest absolute Gasteiger partial charge is 0.314 e. The number of rotatable bonds is 3. The van der Waals surface area contributed by atoms with E-state index in [1.54, 1.807) is 0 Å². The topological polar surface area (TPSA) is 12.0 Å². The van der Waals surface area contributed by atoms with Crippen molar-refractivity contribution in [2.75, 3.05) is 12.8 Å². The lowest BCUT2D eigenvalue weighted by atomic mass is 10.0. The van der Waals surface area contributed by atoms with E-state index in [4.69, 9.17) is 0 Å². The molecule has 1 fully saturated rings. The van der Waals surface area contributed by atoms with E-state index in [0.717, 1.165) is 0 Å². The van der Waals surface area contributed by atoms with Crippen LogP contribution in [0.3, 0.4) is 0 Å². The predicted octanol–water partition coefficient (Wildman–Crippen LogP) is 3.01. The zero-order valence-electron chi connectivity index (χ0n) is 9.55. The van der Waals surface area contributed by atoms with Gasteiger partial charge in [-0.15, -0.1) is 11.8 Å². The van der Waals surface area contributed by atoms with Gasteiger partial charge >= 0.3 is 0 Å². The third kappa shape index (κ3) is 2.76. The lowest BCUT2D eigenvalue weighted by Crippen LogP contribution is -2.23. The highest BCUT2D eigenvalue weighted by Crippen LogP contribution is 2.22. The Hall–Kier alpha value is -0.470. The van der Waals surface area contributed by atoms with Crippen molar-refractivity contribution in [2.24, 2.45) is 0 Å². The molecule has 0 aromatic heterocycles. The minimum Gasteiger partial charge on any atom is -0.314 e. The third-order valence-electron chi connectivity index (χ3n) is 3.10. The molecule has 0 saturated carbocycles. The van der Waals surface area contributed by atoms with Gasteiger partial charge in [-0.25, -0.2) is 0 Å². The van der Waals surface area contributed by atoms with Gasteiger partial charge in [-0.3, -0.25) is 0 Å². The van der Waals surface area contributed by atoms with Gasteiger partial charge in [0, 0.05) is 10.9 Å². The first-order valence-corrected chi connectivity index (χ1v) is 6.89. The van der Waals surface area contributed by atoms with Crippen LogP contribution in [-0.2, 0) is 6.42 Å². The molecule has 1 unspecified atom stereocenters. The smallest absolute Gasteiger partial charge is 0.0108 e. The van der Waals surface area contributed by atoms with E-state index >= 15 is 0 Å². The van der Waals surface area contributed by atoms with E-state index < -0.39 is 0 Å². The molecule has 82 valence electrons. The van der Waals surface area contributed by atoms with Gasteiger partial charge in [0.05, 0.1) is 0 Å². The number of thioether (sulfide) groups is 1. The second-order valence-corrected chi connectivity index (χ2v) is 5.15. The molecule has 0 radical (unpaired) electrons. The summed E-state index contributed by atoms with van der Waals surface area (Å²) >= 11 is 1.83. The zero-order valence-corrected chi connectivity index (χ0v) is 10.4. The fraction of sp³-hybridized carbons (Fsp3) is 0.538. The molecule has 1 N–H and O–H groups in total. The Morgan fingerprint density at radius 3 is 2.93 bits per heavy atom. The highest BCUT2D eigenvalue weighted by molar-refractivity contribution is 7.98. The van der Waals surface area contributed by atoms with E-state index in [1.165, 1.54) is 41.8 Å². The predicted molar refractivity (Wildman–Crippen MR) is 67.7 cm³/mol. The fourth-order valence-electron chi connectivity index (χ4n) is 2.28. The van der Waals surface area contributed by atoms with Gasteiger partial charge in [-0.05, 0) is 56.2 Å². The van der Waals surface area contributed by atoms with Crippen molar-refractivity contribution in [3.8, 4) is 0 Å². The molecule has 1 atom stereocenters. The normalized spacial score (nSPS) is 20.8. The summed E-state index contributed by atoms with van der Waals surface area (Å²) in [4.78, 5) is 1.40. The first-order valence-electron chi connectivity index (χ1n) is 5.66. The standard InChI is InChI=1S/C13H19NS/c1-10-8-11(5-6-13(10)15-2)9-12-4-3-7-14-12/h5-6,8,12,14H,3-4,7,9H2,1-2H3. The summed E-state index contributed by atoms with van der Waals surface area (Å²) in [5, 5.41) is 3.55. The van der Waals surface area contributed by atoms with Crippen LogP contribution in [0, 0.1) is 6.92 Å². The molecule has 2 rings (SSSR count). The maximum atomic E-state index is 3.55. The highest BCUT2D eigenvalue weighted by Gasteiger charge is 2.14. The average Bonchev–Trinajstić information content (AvgIpc) is 2.71. The summed E-state index contributed by atoms with van der Waals surface area (Å²) in [6, 6.07) is 7.58. The van der Waals surface area contributed by atoms with Crippen LogP contribution >= 0.6 is 11.8 Å². The molecule has 15 heavy (non-hydrogen) atoms. The molecule has 0 amide bonds. The molecule has 1 aromatic rings. The average molecular weight is 221 g/mol. The summed E-state index contributed by atoms with van der Waals surface area (Å²) in [6.45, 7) is 3.41. The van der Waals surface area contributed by atoms with Crippen LogP contribution in [0.5, 0.6) is 0 Å². The Kier molecular flexibility index (Phi) is 3.71. The van der Waals surface area contributed by atoms with Gasteiger partial charge in [0.2, 0.25) is 0 Å². The lowest BCUT2D eigenvalue weighted by Gasteiger charge is -2.11.